The van der Waals surface area contributed by atoms with Crippen LogP contribution in [0.1, 0.15) is 0 Å². The van der Waals surface area contributed by atoms with Crippen LogP contribution >= 0.6 is 0 Å². The predicted molar refractivity (Wildman–Crippen MR) is 95.6 cm³/mol. The van der Waals surface area contributed by atoms with Crippen molar-refractivity contribution in [2.45, 2.75) is 9.79 Å². The smallest absolute Gasteiger partial charge is 0.744 e. The maximum Gasteiger partial charge on any atom is 2.00 e. The standard InChI is InChI=1S/2C6H5N5O3S.Ba/c2*12-15(13,14)6-3-1-5(2-4-6)11-9-7-8-10-11;/h2*1-4H,(H,12,13,14);/q;;+2/p-2. The molecule has 4 rings (SSSR count). The van der Waals surface area contributed by atoms with Gasteiger partial charge >= 0.3 is 48.9 Å². The fraction of sp³-hybridized carbons (Fsp3) is 0. The first-order valence-corrected chi connectivity index (χ1v) is 10.3. The van der Waals surface area contributed by atoms with Crippen molar-refractivity contribution in [3.8, 4) is 11.4 Å². The third-order valence-corrected chi connectivity index (χ3v) is 4.99. The van der Waals surface area contributed by atoms with Crippen LogP contribution < -0.4 is 0 Å². The molecule has 0 saturated carbocycles. The van der Waals surface area contributed by atoms with E-state index in [-0.39, 0.29) is 58.7 Å². The zero-order valence-corrected chi connectivity index (χ0v) is 21.1. The molecule has 0 aliphatic heterocycles. The minimum absolute atomic E-state index is 0. The molecule has 16 nitrogen and oxygen atoms in total. The molecular formula is C12H8BaN10O6S2. The van der Waals surface area contributed by atoms with Crippen LogP contribution in [0, 0.1) is 0 Å². The fourth-order valence-electron chi connectivity index (χ4n) is 1.96. The second-order valence-corrected chi connectivity index (χ2v) is 7.95. The molecule has 0 amide bonds. The quantitative estimate of drug-likeness (QED) is 0.178. The summed E-state index contributed by atoms with van der Waals surface area (Å²) < 4.78 is 63.7. The summed E-state index contributed by atoms with van der Waals surface area (Å²) in [6.45, 7) is 0. The summed E-state index contributed by atoms with van der Waals surface area (Å²) in [5, 5.41) is 26.9. The van der Waals surface area contributed by atoms with Crippen molar-refractivity contribution >= 4 is 69.1 Å². The molecule has 0 aliphatic rings. The van der Waals surface area contributed by atoms with Crippen molar-refractivity contribution in [1.29, 1.82) is 0 Å². The Morgan fingerprint density at radius 1 is 0.548 bits per heavy atom. The third-order valence-electron chi connectivity index (χ3n) is 3.29. The van der Waals surface area contributed by atoms with Gasteiger partial charge in [-0.05, 0) is 90.2 Å². The maximum absolute atomic E-state index is 10.6. The van der Waals surface area contributed by atoms with Gasteiger partial charge in [-0.3, -0.25) is 0 Å². The van der Waals surface area contributed by atoms with E-state index in [1.807, 2.05) is 0 Å². The average molecular weight is 590 g/mol. The van der Waals surface area contributed by atoms with E-state index in [0.717, 1.165) is 9.59 Å². The second kappa shape index (κ2) is 10.4. The molecule has 0 aliphatic carbocycles. The van der Waals surface area contributed by atoms with Crippen LogP contribution in [0.5, 0.6) is 0 Å². The van der Waals surface area contributed by atoms with Crippen LogP contribution in [0.2, 0.25) is 0 Å². The molecule has 0 atom stereocenters. The summed E-state index contributed by atoms with van der Waals surface area (Å²) >= 11 is 0. The van der Waals surface area contributed by atoms with Gasteiger partial charge in [-0.25, -0.2) is 16.8 Å². The Morgan fingerprint density at radius 2 is 0.806 bits per heavy atom. The molecule has 156 valence electrons. The molecule has 2 aromatic heterocycles. The van der Waals surface area contributed by atoms with Crippen molar-refractivity contribution in [1.82, 2.24) is 51.3 Å². The first-order chi connectivity index (χ1) is 14.1. The van der Waals surface area contributed by atoms with Crippen LogP contribution in [0.15, 0.2) is 58.3 Å². The Kier molecular flexibility index (Phi) is 8.44. The largest absolute Gasteiger partial charge is 2.00 e. The molecule has 4 aromatic rings. The Hall–Kier alpha value is -2.17. The molecule has 31 heavy (non-hydrogen) atoms. The number of nitrogens with zero attached hydrogens (tertiary/aromatic N) is 10. The van der Waals surface area contributed by atoms with Gasteiger partial charge in [0.15, 0.2) is 0 Å². The summed E-state index contributed by atoms with van der Waals surface area (Å²) in [6.07, 6.45) is 0. The third kappa shape index (κ3) is 6.91. The van der Waals surface area contributed by atoms with E-state index >= 15 is 0 Å². The number of aromatic nitrogens is 10. The maximum atomic E-state index is 10.6. The molecule has 0 spiro atoms. The fourth-order valence-corrected chi connectivity index (χ4v) is 2.90. The Bertz CT molecular complexity index is 1210. The zero-order valence-electron chi connectivity index (χ0n) is 15.1. The Balaban J connectivity index is 0.000000213. The second-order valence-electron chi connectivity index (χ2n) is 5.19. The molecule has 0 unspecified atom stereocenters. The molecule has 0 N–H and O–H groups in total. The molecule has 0 radical (unpaired) electrons. The molecule has 2 heterocycles. The first-order valence-electron chi connectivity index (χ1n) is 7.50. The Labute approximate surface area is 214 Å². The van der Waals surface area contributed by atoms with Gasteiger partial charge in [0.2, 0.25) is 0 Å². The van der Waals surface area contributed by atoms with Crippen molar-refractivity contribution in [2.24, 2.45) is 0 Å². The van der Waals surface area contributed by atoms with Crippen molar-refractivity contribution in [2.75, 3.05) is 0 Å². The number of hydrogen-bond acceptors (Lipinski definition) is 14. The average Bonchev–Trinajstić information content (AvgIpc) is 3.42. The predicted octanol–water partition coefficient (Wildman–Crippen LogP) is -2.46. The Morgan fingerprint density at radius 3 is 1.03 bits per heavy atom. The van der Waals surface area contributed by atoms with E-state index in [2.05, 4.69) is 41.7 Å². The van der Waals surface area contributed by atoms with Gasteiger partial charge in [0, 0.05) is 0 Å². The first kappa shape index (κ1) is 25.1. The number of hydrogen-bond donors (Lipinski definition) is 0. The van der Waals surface area contributed by atoms with Gasteiger partial charge < -0.3 is 9.11 Å². The van der Waals surface area contributed by atoms with E-state index in [0.29, 0.717) is 11.4 Å². The van der Waals surface area contributed by atoms with Gasteiger partial charge in [0.25, 0.3) is 0 Å². The van der Waals surface area contributed by atoms with Crippen LogP contribution in [0.3, 0.4) is 0 Å². The van der Waals surface area contributed by atoms with Crippen LogP contribution in [-0.4, -0.2) is 126 Å². The van der Waals surface area contributed by atoms with Crippen molar-refractivity contribution in [3.63, 3.8) is 0 Å². The van der Waals surface area contributed by atoms with Crippen molar-refractivity contribution < 1.29 is 25.9 Å². The number of benzene rings is 2. The van der Waals surface area contributed by atoms with E-state index in [1.165, 1.54) is 48.5 Å². The SMILES string of the molecule is O=S(=O)([O-])c1ccc(-n2nnnn2)cc1.O=S(=O)([O-])c1ccc(-n2nnnn2)cc1.[Ba+2]. The summed E-state index contributed by atoms with van der Waals surface area (Å²) in [4.78, 5) is 1.58. The minimum Gasteiger partial charge on any atom is -0.744 e. The molecule has 0 bridgehead atoms. The topological polar surface area (TPSA) is 227 Å². The van der Waals surface area contributed by atoms with Gasteiger partial charge in [-0.2, -0.15) is 0 Å². The van der Waals surface area contributed by atoms with Gasteiger partial charge in [-0.15, -0.1) is 9.59 Å². The summed E-state index contributed by atoms with van der Waals surface area (Å²) in [7, 11) is -8.84. The normalized spacial score (nSPS) is 11.2. The van der Waals surface area contributed by atoms with Crippen LogP contribution in [0.25, 0.3) is 11.4 Å². The molecule has 0 saturated heterocycles. The summed E-state index contributed by atoms with van der Waals surface area (Å²) in [5.41, 5.74) is 0.930. The van der Waals surface area contributed by atoms with Crippen molar-refractivity contribution in [3.05, 3.63) is 48.5 Å². The molecule has 0 fully saturated rings. The van der Waals surface area contributed by atoms with Crippen LogP contribution in [-0.2, 0) is 20.2 Å². The van der Waals surface area contributed by atoms with Gasteiger partial charge in [0.05, 0.1) is 21.2 Å². The van der Waals surface area contributed by atoms with E-state index in [1.54, 1.807) is 0 Å². The number of rotatable bonds is 4. The van der Waals surface area contributed by atoms with Crippen LogP contribution in [0.4, 0.5) is 0 Å². The molecule has 2 aromatic carbocycles. The molecule has 19 heteroatoms. The monoisotopic (exact) mass is 590 g/mol. The summed E-state index contributed by atoms with van der Waals surface area (Å²) in [5.74, 6) is 0. The van der Waals surface area contributed by atoms with Gasteiger partial charge in [0.1, 0.15) is 20.2 Å². The van der Waals surface area contributed by atoms with E-state index < -0.39 is 20.2 Å². The summed E-state index contributed by atoms with van der Waals surface area (Å²) in [6, 6.07) is 10.2. The molecular weight excluding hydrogens is 582 g/mol. The van der Waals surface area contributed by atoms with E-state index in [9.17, 15) is 25.9 Å². The zero-order chi connectivity index (χ0) is 21.8. The van der Waals surface area contributed by atoms with E-state index in [4.69, 9.17) is 0 Å². The minimum atomic E-state index is -4.42. The van der Waals surface area contributed by atoms with Gasteiger partial charge in [-0.1, -0.05) is 0 Å².